The Balaban J connectivity index is 1.37. The zero-order valence-electron chi connectivity index (χ0n) is 13.9. The summed E-state index contributed by atoms with van der Waals surface area (Å²) in [5, 5.41) is 12.3. The van der Waals surface area contributed by atoms with Gasteiger partial charge in [-0.05, 0) is 25.7 Å². The molecule has 2 aromatic heterocycles. The first-order valence-corrected chi connectivity index (χ1v) is 8.56. The number of carbonyl (C=O) groups excluding carboxylic acids is 1. The molecule has 24 heavy (non-hydrogen) atoms. The van der Waals surface area contributed by atoms with Gasteiger partial charge in [-0.3, -0.25) is 14.4 Å². The van der Waals surface area contributed by atoms with Gasteiger partial charge in [0.2, 0.25) is 0 Å². The van der Waals surface area contributed by atoms with Crippen LogP contribution in [-0.4, -0.2) is 48.7 Å². The van der Waals surface area contributed by atoms with Crippen LogP contribution in [0.1, 0.15) is 59.4 Å². The number of nitrogens with two attached hydrogens (primary N) is 1. The van der Waals surface area contributed by atoms with Crippen LogP contribution in [0.5, 0.6) is 0 Å². The number of nitrogens with zero attached hydrogens (tertiary/aromatic N) is 6. The number of hydrogen-bond acceptors (Lipinski definition) is 5. The van der Waals surface area contributed by atoms with Gasteiger partial charge in [-0.25, -0.2) is 4.68 Å². The van der Waals surface area contributed by atoms with Crippen molar-refractivity contribution >= 4 is 5.91 Å². The van der Waals surface area contributed by atoms with Crippen molar-refractivity contribution in [3.63, 3.8) is 0 Å². The molecule has 128 valence electrons. The van der Waals surface area contributed by atoms with Crippen LogP contribution in [0, 0.1) is 0 Å². The lowest BCUT2D eigenvalue weighted by Gasteiger charge is -2.31. The molecule has 1 saturated heterocycles. The molecule has 0 unspecified atom stereocenters. The van der Waals surface area contributed by atoms with Crippen molar-refractivity contribution in [1.29, 1.82) is 0 Å². The lowest BCUT2D eigenvalue weighted by Crippen LogP contribution is -2.34. The summed E-state index contributed by atoms with van der Waals surface area (Å²) in [5.74, 6) is 0.190. The molecule has 2 fully saturated rings. The second-order valence-corrected chi connectivity index (χ2v) is 6.91. The molecule has 0 atom stereocenters. The quantitative estimate of drug-likeness (QED) is 0.876. The van der Waals surface area contributed by atoms with E-state index in [1.54, 1.807) is 10.9 Å². The highest BCUT2D eigenvalue weighted by Crippen LogP contribution is 2.41. The number of carbonyl (C=O) groups is 1. The van der Waals surface area contributed by atoms with Crippen LogP contribution in [0.3, 0.4) is 0 Å². The predicted molar refractivity (Wildman–Crippen MR) is 87.3 cm³/mol. The van der Waals surface area contributed by atoms with Crippen LogP contribution in [0.15, 0.2) is 12.4 Å². The van der Waals surface area contributed by atoms with E-state index in [-0.39, 0.29) is 5.69 Å². The van der Waals surface area contributed by atoms with Gasteiger partial charge in [0.1, 0.15) is 0 Å². The molecule has 1 amide bonds. The van der Waals surface area contributed by atoms with Gasteiger partial charge in [-0.15, -0.1) is 5.10 Å². The Labute approximate surface area is 140 Å². The van der Waals surface area contributed by atoms with Crippen LogP contribution in [0.25, 0.3) is 0 Å². The van der Waals surface area contributed by atoms with Gasteiger partial charge < -0.3 is 5.73 Å². The number of piperidine rings is 1. The van der Waals surface area contributed by atoms with Crippen molar-refractivity contribution in [2.24, 2.45) is 12.8 Å². The van der Waals surface area contributed by atoms with E-state index >= 15 is 0 Å². The number of primary amides is 1. The first-order chi connectivity index (χ1) is 11.6. The summed E-state index contributed by atoms with van der Waals surface area (Å²) >= 11 is 0. The largest absolute Gasteiger partial charge is 0.364 e. The summed E-state index contributed by atoms with van der Waals surface area (Å²) in [5.41, 5.74) is 8.26. The molecule has 0 aromatic carbocycles. The summed E-state index contributed by atoms with van der Waals surface area (Å²) < 4.78 is 3.83. The van der Waals surface area contributed by atoms with Gasteiger partial charge in [0, 0.05) is 43.9 Å². The Morgan fingerprint density at radius 1 is 1.29 bits per heavy atom. The van der Waals surface area contributed by atoms with Crippen molar-refractivity contribution in [2.75, 3.05) is 13.1 Å². The van der Waals surface area contributed by atoms with Crippen LogP contribution in [-0.2, 0) is 13.6 Å². The first-order valence-electron chi connectivity index (χ1n) is 8.56. The molecule has 4 rings (SSSR count). The molecule has 2 aromatic rings. The summed E-state index contributed by atoms with van der Waals surface area (Å²) in [7, 11) is 2.05. The predicted octanol–water partition coefficient (Wildman–Crippen LogP) is 0.825. The Morgan fingerprint density at radius 3 is 2.67 bits per heavy atom. The van der Waals surface area contributed by atoms with E-state index in [0.717, 1.165) is 32.5 Å². The zero-order chi connectivity index (χ0) is 16.7. The number of rotatable bonds is 5. The van der Waals surface area contributed by atoms with Crippen molar-refractivity contribution in [3.05, 3.63) is 29.3 Å². The summed E-state index contributed by atoms with van der Waals surface area (Å²) in [6.45, 7) is 2.99. The Kier molecular flexibility index (Phi) is 3.84. The molecule has 2 aliphatic rings. The van der Waals surface area contributed by atoms with Gasteiger partial charge in [-0.2, -0.15) is 5.10 Å². The molecule has 0 radical (unpaired) electrons. The SMILES string of the molecule is Cn1ncc(CN2CCC(n3cc(C(N)=O)nn3)CC2)c1C1CC1. The molecular weight excluding hydrogens is 306 g/mol. The van der Waals surface area contributed by atoms with E-state index in [9.17, 15) is 4.79 Å². The Bertz CT molecular complexity index is 737. The van der Waals surface area contributed by atoms with Crippen LogP contribution in [0.2, 0.25) is 0 Å². The second kappa shape index (κ2) is 6.01. The van der Waals surface area contributed by atoms with Crippen LogP contribution >= 0.6 is 0 Å². The molecular formula is C16H23N7O. The summed E-state index contributed by atoms with van der Waals surface area (Å²) in [4.78, 5) is 13.6. The van der Waals surface area contributed by atoms with Crippen molar-refractivity contribution < 1.29 is 4.79 Å². The van der Waals surface area contributed by atoms with Gasteiger partial charge in [0.25, 0.3) is 5.91 Å². The minimum absolute atomic E-state index is 0.238. The maximum absolute atomic E-state index is 11.1. The van der Waals surface area contributed by atoms with Crippen LogP contribution < -0.4 is 5.73 Å². The van der Waals surface area contributed by atoms with Gasteiger partial charge in [-0.1, -0.05) is 5.21 Å². The van der Waals surface area contributed by atoms with E-state index < -0.39 is 5.91 Å². The van der Waals surface area contributed by atoms with Crippen LogP contribution in [0.4, 0.5) is 0 Å². The standard InChI is InChI=1S/C16H23N7O/c1-21-15(11-2-3-11)12(8-18-21)9-22-6-4-13(5-7-22)23-10-14(16(17)24)19-20-23/h8,10-11,13H,2-7,9H2,1H3,(H2,17,24). The Morgan fingerprint density at radius 2 is 2.04 bits per heavy atom. The van der Waals surface area contributed by atoms with Crippen molar-refractivity contribution in [2.45, 2.75) is 44.2 Å². The Hall–Kier alpha value is -2.22. The monoisotopic (exact) mass is 329 g/mol. The highest BCUT2D eigenvalue weighted by atomic mass is 16.1. The maximum Gasteiger partial charge on any atom is 0.270 e. The molecule has 2 N–H and O–H groups in total. The van der Waals surface area contributed by atoms with E-state index in [0.29, 0.717) is 12.0 Å². The number of aromatic nitrogens is 5. The molecule has 8 nitrogen and oxygen atoms in total. The molecule has 1 aliphatic heterocycles. The third-order valence-corrected chi connectivity index (χ3v) is 5.12. The normalized spacial score (nSPS) is 19.7. The fourth-order valence-electron chi connectivity index (χ4n) is 3.65. The summed E-state index contributed by atoms with van der Waals surface area (Å²) in [6.07, 6.45) is 8.28. The van der Waals surface area contributed by atoms with E-state index in [4.69, 9.17) is 5.73 Å². The summed E-state index contributed by atoms with van der Waals surface area (Å²) in [6, 6.07) is 0.290. The van der Waals surface area contributed by atoms with Gasteiger partial charge in [0.05, 0.1) is 18.4 Å². The lowest BCUT2D eigenvalue weighted by molar-refractivity contribution is 0.0995. The number of hydrogen-bond donors (Lipinski definition) is 1. The molecule has 3 heterocycles. The van der Waals surface area contributed by atoms with E-state index in [1.807, 2.05) is 17.9 Å². The van der Waals surface area contributed by atoms with Crippen molar-refractivity contribution in [1.82, 2.24) is 29.7 Å². The first kappa shape index (κ1) is 15.3. The second-order valence-electron chi connectivity index (χ2n) is 6.91. The molecule has 0 spiro atoms. The fourth-order valence-corrected chi connectivity index (χ4v) is 3.65. The lowest BCUT2D eigenvalue weighted by atomic mass is 10.0. The minimum Gasteiger partial charge on any atom is -0.364 e. The van der Waals surface area contributed by atoms with E-state index in [2.05, 4.69) is 20.3 Å². The topological polar surface area (TPSA) is 94.9 Å². The third kappa shape index (κ3) is 2.93. The van der Waals surface area contributed by atoms with Gasteiger partial charge >= 0.3 is 0 Å². The fraction of sp³-hybridized carbons (Fsp3) is 0.625. The third-order valence-electron chi connectivity index (χ3n) is 5.12. The number of aryl methyl sites for hydroxylation is 1. The average molecular weight is 329 g/mol. The zero-order valence-corrected chi connectivity index (χ0v) is 13.9. The number of amides is 1. The maximum atomic E-state index is 11.1. The molecule has 8 heteroatoms. The van der Waals surface area contributed by atoms with Gasteiger partial charge in [0.15, 0.2) is 5.69 Å². The number of likely N-dealkylation sites (tertiary alicyclic amines) is 1. The smallest absolute Gasteiger partial charge is 0.270 e. The highest BCUT2D eigenvalue weighted by Gasteiger charge is 2.30. The molecule has 0 bridgehead atoms. The van der Waals surface area contributed by atoms with Crippen molar-refractivity contribution in [3.8, 4) is 0 Å². The molecule has 1 aliphatic carbocycles. The highest BCUT2D eigenvalue weighted by molar-refractivity contribution is 5.90. The average Bonchev–Trinajstić information content (AvgIpc) is 3.15. The van der Waals surface area contributed by atoms with E-state index in [1.165, 1.54) is 24.1 Å². The molecule has 1 saturated carbocycles. The minimum atomic E-state index is -0.525.